The number of benzene rings is 2. The maximum Gasteiger partial charge on any atom is 0.417 e. The van der Waals surface area contributed by atoms with Crippen molar-refractivity contribution >= 4 is 28.7 Å². The zero-order valence-electron chi connectivity index (χ0n) is 22.9. The first kappa shape index (κ1) is 26.9. The molecule has 2 amide bonds. The number of methoxy groups -OCH3 is 2. The van der Waals surface area contributed by atoms with Gasteiger partial charge in [0.2, 0.25) is 0 Å². The second-order valence-corrected chi connectivity index (χ2v) is 11.5. The van der Waals surface area contributed by atoms with Crippen LogP contribution in [0.3, 0.4) is 0 Å². The van der Waals surface area contributed by atoms with E-state index >= 15 is 0 Å². The predicted molar refractivity (Wildman–Crippen MR) is 146 cm³/mol. The lowest BCUT2D eigenvalue weighted by Crippen LogP contribution is -2.53. The van der Waals surface area contributed by atoms with Gasteiger partial charge < -0.3 is 19.5 Å². The van der Waals surface area contributed by atoms with Crippen LogP contribution in [-0.4, -0.2) is 65.3 Å². The first-order chi connectivity index (χ1) is 18.6. The molecule has 39 heavy (non-hydrogen) atoms. The molecule has 2 fully saturated rings. The Morgan fingerprint density at radius 1 is 1.05 bits per heavy atom. The number of carbonyl (C=O) groups is 3. The first-order valence-corrected chi connectivity index (χ1v) is 13.4. The van der Waals surface area contributed by atoms with Gasteiger partial charge in [-0.2, -0.15) is 0 Å². The van der Waals surface area contributed by atoms with E-state index in [0.29, 0.717) is 25.0 Å². The van der Waals surface area contributed by atoms with E-state index in [4.69, 9.17) is 9.47 Å². The summed E-state index contributed by atoms with van der Waals surface area (Å²) in [6.07, 6.45) is 6.67. The van der Waals surface area contributed by atoms with Crippen molar-refractivity contribution in [2.45, 2.75) is 51.2 Å². The third-order valence-electron chi connectivity index (χ3n) is 8.78. The SMILES string of the molecule is COC(=O)N1C=C[C@@H](C(C)(C)C(=O)OC)C(C(=O)N2CC[C@H]3CC[C@](O)(Cc4ccc5ccccc5c4)[C@H]32)=C1. The average Bonchev–Trinajstić information content (AvgIpc) is 3.52. The molecule has 8 heteroatoms. The van der Waals surface area contributed by atoms with Gasteiger partial charge in [-0.3, -0.25) is 14.5 Å². The van der Waals surface area contributed by atoms with E-state index in [2.05, 4.69) is 24.3 Å². The van der Waals surface area contributed by atoms with Crippen molar-refractivity contribution in [2.75, 3.05) is 20.8 Å². The number of aliphatic hydroxyl groups is 1. The quantitative estimate of drug-likeness (QED) is 0.573. The van der Waals surface area contributed by atoms with Gasteiger partial charge in [-0.1, -0.05) is 48.5 Å². The molecule has 1 aliphatic carbocycles. The third-order valence-corrected chi connectivity index (χ3v) is 8.78. The van der Waals surface area contributed by atoms with Crippen molar-refractivity contribution in [2.24, 2.45) is 17.3 Å². The van der Waals surface area contributed by atoms with E-state index < -0.39 is 29.0 Å². The Labute approximate surface area is 228 Å². The number of hydrogen-bond acceptors (Lipinski definition) is 6. The van der Waals surface area contributed by atoms with Gasteiger partial charge in [0.05, 0.1) is 31.3 Å². The molecule has 2 heterocycles. The van der Waals surface area contributed by atoms with Crippen LogP contribution in [-0.2, 0) is 25.5 Å². The molecule has 0 radical (unpaired) electrons. The molecule has 3 aliphatic rings. The van der Waals surface area contributed by atoms with Gasteiger partial charge in [0.15, 0.2) is 0 Å². The molecule has 1 saturated heterocycles. The van der Waals surface area contributed by atoms with Crippen molar-refractivity contribution in [3.05, 3.63) is 72.1 Å². The van der Waals surface area contributed by atoms with Crippen LogP contribution in [0.1, 0.15) is 38.7 Å². The number of allylic oxidation sites excluding steroid dienone is 1. The largest absolute Gasteiger partial charge is 0.469 e. The third kappa shape index (κ3) is 4.71. The van der Waals surface area contributed by atoms with Gasteiger partial charge >= 0.3 is 12.1 Å². The fourth-order valence-corrected chi connectivity index (χ4v) is 6.74. The number of fused-ring (bicyclic) bond motifs is 2. The van der Waals surface area contributed by atoms with Gasteiger partial charge in [0, 0.05) is 36.9 Å². The van der Waals surface area contributed by atoms with Crippen LogP contribution >= 0.6 is 0 Å². The van der Waals surface area contributed by atoms with E-state index in [-0.39, 0.29) is 17.9 Å². The lowest BCUT2D eigenvalue weighted by Gasteiger charge is -2.40. The maximum atomic E-state index is 14.3. The monoisotopic (exact) mass is 532 g/mol. The van der Waals surface area contributed by atoms with Crippen molar-refractivity contribution in [3.63, 3.8) is 0 Å². The van der Waals surface area contributed by atoms with Gasteiger partial charge in [-0.05, 0) is 55.4 Å². The number of rotatable bonds is 5. The first-order valence-electron chi connectivity index (χ1n) is 13.4. The van der Waals surface area contributed by atoms with Crippen molar-refractivity contribution in [1.82, 2.24) is 9.80 Å². The highest BCUT2D eigenvalue weighted by molar-refractivity contribution is 5.97. The normalized spacial score (nSPS) is 26.4. The Bertz CT molecular complexity index is 1360. The molecular formula is C31H36N2O6. The van der Waals surface area contributed by atoms with Crippen molar-refractivity contribution in [3.8, 4) is 0 Å². The Hall–Kier alpha value is -3.65. The molecular weight excluding hydrogens is 496 g/mol. The van der Waals surface area contributed by atoms with E-state index in [0.717, 1.165) is 29.2 Å². The molecule has 1 N–H and O–H groups in total. The van der Waals surface area contributed by atoms with Crippen LogP contribution < -0.4 is 0 Å². The lowest BCUT2D eigenvalue weighted by atomic mass is 9.73. The van der Waals surface area contributed by atoms with Gasteiger partial charge in [-0.25, -0.2) is 4.79 Å². The lowest BCUT2D eigenvalue weighted by molar-refractivity contribution is -0.152. The molecule has 5 rings (SSSR count). The molecule has 0 bridgehead atoms. The molecule has 4 atom stereocenters. The van der Waals surface area contributed by atoms with Crippen molar-refractivity contribution < 1.29 is 29.0 Å². The fourth-order valence-electron chi connectivity index (χ4n) is 6.74. The van der Waals surface area contributed by atoms with Crippen LogP contribution in [0.4, 0.5) is 4.79 Å². The highest BCUT2D eigenvalue weighted by atomic mass is 16.5. The molecule has 206 valence electrons. The molecule has 8 nitrogen and oxygen atoms in total. The molecule has 0 spiro atoms. The number of hydrogen-bond donors (Lipinski definition) is 1. The van der Waals surface area contributed by atoms with E-state index in [1.54, 1.807) is 24.8 Å². The summed E-state index contributed by atoms with van der Waals surface area (Å²) in [7, 11) is 2.59. The summed E-state index contributed by atoms with van der Waals surface area (Å²) in [5, 5.41) is 14.3. The topological polar surface area (TPSA) is 96.4 Å². The summed E-state index contributed by atoms with van der Waals surface area (Å²) >= 11 is 0. The summed E-state index contributed by atoms with van der Waals surface area (Å²) in [5.74, 6) is -1.20. The molecule has 1 saturated carbocycles. The Kier molecular flexibility index (Phi) is 7.01. The Balaban J connectivity index is 1.47. The number of amides is 2. The maximum absolute atomic E-state index is 14.3. The molecule has 2 aromatic rings. The van der Waals surface area contributed by atoms with Gasteiger partial charge in [0.1, 0.15) is 0 Å². The molecule has 2 aromatic carbocycles. The zero-order chi connectivity index (χ0) is 27.9. The van der Waals surface area contributed by atoms with E-state index in [1.165, 1.54) is 31.5 Å². The minimum atomic E-state index is -1.08. The van der Waals surface area contributed by atoms with E-state index in [9.17, 15) is 19.5 Å². The van der Waals surface area contributed by atoms with Gasteiger partial charge in [-0.15, -0.1) is 0 Å². The zero-order valence-corrected chi connectivity index (χ0v) is 22.9. The van der Waals surface area contributed by atoms with E-state index in [1.807, 2.05) is 18.2 Å². The molecule has 0 aromatic heterocycles. The number of nitrogens with zero attached hydrogens (tertiary/aromatic N) is 2. The van der Waals surface area contributed by atoms with Crippen LogP contribution in [0.15, 0.2) is 66.5 Å². The van der Waals surface area contributed by atoms with Crippen LogP contribution in [0.5, 0.6) is 0 Å². The van der Waals surface area contributed by atoms with Crippen LogP contribution in [0, 0.1) is 17.3 Å². The predicted octanol–water partition coefficient (Wildman–Crippen LogP) is 4.42. The summed E-state index contributed by atoms with van der Waals surface area (Å²) < 4.78 is 9.91. The number of carbonyl (C=O) groups excluding carboxylic acids is 3. The fraction of sp³-hybridized carbons (Fsp3) is 0.452. The number of esters is 1. The summed E-state index contributed by atoms with van der Waals surface area (Å²) in [6.45, 7) is 3.95. The average molecular weight is 533 g/mol. The summed E-state index contributed by atoms with van der Waals surface area (Å²) in [5.41, 5.74) is -0.832. The van der Waals surface area contributed by atoms with Crippen LogP contribution in [0.25, 0.3) is 10.8 Å². The number of likely N-dealkylation sites (tertiary alicyclic amines) is 1. The summed E-state index contributed by atoms with van der Waals surface area (Å²) in [6, 6.07) is 14.0. The second-order valence-electron chi connectivity index (χ2n) is 11.5. The molecule has 0 unspecified atom stereocenters. The number of ether oxygens (including phenoxy) is 2. The molecule has 2 aliphatic heterocycles. The van der Waals surface area contributed by atoms with Crippen LogP contribution in [0.2, 0.25) is 0 Å². The smallest absolute Gasteiger partial charge is 0.417 e. The summed E-state index contributed by atoms with van der Waals surface area (Å²) in [4.78, 5) is 42.3. The van der Waals surface area contributed by atoms with Crippen molar-refractivity contribution in [1.29, 1.82) is 0 Å². The minimum Gasteiger partial charge on any atom is -0.469 e. The Morgan fingerprint density at radius 2 is 1.79 bits per heavy atom. The minimum absolute atomic E-state index is 0.183. The van der Waals surface area contributed by atoms with Gasteiger partial charge in [0.25, 0.3) is 5.91 Å². The Morgan fingerprint density at radius 3 is 2.51 bits per heavy atom. The highest BCUT2D eigenvalue weighted by Crippen LogP contribution is 2.48. The highest BCUT2D eigenvalue weighted by Gasteiger charge is 2.55. The standard InChI is InChI=1S/C31H36N2O6/c1-30(2,28(35)38-3)25-13-15-32(29(36)39-4)19-24(25)27(34)33-16-12-22-11-14-31(37,26(22)33)18-20-9-10-21-7-5-6-8-23(21)17-20/h5-10,13,15,17,19,22,25-26,37H,11-12,14,16,18H2,1-4H3/t22-,25-,26+,31+/m1/s1. The second kappa shape index (κ2) is 10.2.